The van der Waals surface area contributed by atoms with E-state index in [0.29, 0.717) is 22.5 Å². The Morgan fingerprint density at radius 3 is 2.50 bits per heavy atom. The van der Waals surface area contributed by atoms with Crippen LogP contribution in [0.3, 0.4) is 0 Å². The molecule has 2 aromatic carbocycles. The predicted molar refractivity (Wildman–Crippen MR) is 144 cm³/mol. The summed E-state index contributed by atoms with van der Waals surface area (Å²) in [5, 5.41) is 7.37. The summed E-state index contributed by atoms with van der Waals surface area (Å²) in [6.45, 7) is 1.05. The average molecular weight is 549 g/mol. The first-order chi connectivity index (χ1) is 17.9. The van der Waals surface area contributed by atoms with Gasteiger partial charge in [-0.2, -0.15) is 13.2 Å². The summed E-state index contributed by atoms with van der Waals surface area (Å²) in [5.41, 5.74) is 2.41. The molecule has 204 valence electrons. The van der Waals surface area contributed by atoms with Gasteiger partial charge in [-0.25, -0.2) is 8.42 Å². The minimum atomic E-state index is -4.34. The third-order valence-corrected chi connectivity index (χ3v) is 7.63. The van der Waals surface area contributed by atoms with Crippen molar-refractivity contribution in [3.8, 4) is 17.6 Å². The van der Waals surface area contributed by atoms with Crippen molar-refractivity contribution in [2.75, 3.05) is 50.7 Å². The highest BCUT2D eigenvalue weighted by Crippen LogP contribution is 2.31. The first-order valence-corrected chi connectivity index (χ1v) is 14.1. The summed E-state index contributed by atoms with van der Waals surface area (Å²) in [4.78, 5) is 2.40. The van der Waals surface area contributed by atoms with E-state index in [1.807, 2.05) is 6.07 Å². The van der Waals surface area contributed by atoms with Gasteiger partial charge in [0.05, 0.1) is 29.8 Å². The minimum absolute atomic E-state index is 0.144. The molecular weight excluding hydrogens is 517 g/mol. The van der Waals surface area contributed by atoms with Gasteiger partial charge in [-0.05, 0) is 63.3 Å². The van der Waals surface area contributed by atoms with Crippen LogP contribution in [0.5, 0.6) is 5.75 Å². The normalized spacial score (nSPS) is 15.2. The molecule has 0 bridgehead atoms. The first-order valence-electron chi connectivity index (χ1n) is 12.2. The van der Waals surface area contributed by atoms with Crippen LogP contribution >= 0.6 is 0 Å². The molecule has 2 heterocycles. The number of fused-ring (bicyclic) bond motifs is 1. The van der Waals surface area contributed by atoms with Crippen LogP contribution < -0.4 is 15.4 Å². The number of likely N-dealkylation sites (tertiary alicyclic amines) is 1. The molecule has 0 aliphatic carbocycles. The van der Waals surface area contributed by atoms with E-state index in [9.17, 15) is 21.6 Å². The molecule has 1 saturated heterocycles. The van der Waals surface area contributed by atoms with E-state index in [1.54, 1.807) is 18.2 Å². The van der Waals surface area contributed by atoms with Crippen molar-refractivity contribution in [1.82, 2.24) is 9.47 Å². The van der Waals surface area contributed by atoms with Gasteiger partial charge in [0, 0.05) is 41.2 Å². The Balaban J connectivity index is 1.58. The quantitative estimate of drug-likeness (QED) is 0.421. The van der Waals surface area contributed by atoms with Crippen molar-refractivity contribution in [1.29, 1.82) is 0 Å². The predicted octanol–water partition coefficient (Wildman–Crippen LogP) is 4.59. The highest BCUT2D eigenvalue weighted by atomic mass is 32.2. The second-order valence-electron chi connectivity index (χ2n) is 9.53. The Bertz CT molecular complexity index is 1460. The smallest absolute Gasteiger partial charge is 0.406 e. The Morgan fingerprint density at radius 2 is 1.84 bits per heavy atom. The van der Waals surface area contributed by atoms with Gasteiger partial charge in [-0.3, -0.25) is 0 Å². The Morgan fingerprint density at radius 1 is 1.11 bits per heavy atom. The van der Waals surface area contributed by atoms with Crippen molar-refractivity contribution >= 4 is 32.1 Å². The molecule has 2 N–H and O–H groups in total. The number of methoxy groups -OCH3 is 1. The molecule has 0 saturated carbocycles. The number of ether oxygens (including phenoxy) is 1. The van der Waals surface area contributed by atoms with Crippen LogP contribution in [0.15, 0.2) is 47.5 Å². The number of anilines is 2. The van der Waals surface area contributed by atoms with Crippen molar-refractivity contribution in [2.24, 2.45) is 0 Å². The van der Waals surface area contributed by atoms with Crippen LogP contribution in [0.4, 0.5) is 24.5 Å². The number of aromatic nitrogens is 1. The second kappa shape index (κ2) is 11.2. The monoisotopic (exact) mass is 548 g/mol. The number of alkyl halides is 3. The van der Waals surface area contributed by atoms with Crippen LogP contribution in [0.2, 0.25) is 0 Å². The van der Waals surface area contributed by atoms with Crippen molar-refractivity contribution in [3.63, 3.8) is 0 Å². The van der Waals surface area contributed by atoms with Gasteiger partial charge >= 0.3 is 6.18 Å². The highest BCUT2D eigenvalue weighted by molar-refractivity contribution is 7.90. The zero-order chi connectivity index (χ0) is 27.5. The number of benzene rings is 2. The average Bonchev–Trinajstić information content (AvgIpc) is 3.24. The number of halogens is 3. The van der Waals surface area contributed by atoms with E-state index in [1.165, 1.54) is 30.0 Å². The number of nitrogens with zero attached hydrogens (tertiary/aromatic N) is 2. The van der Waals surface area contributed by atoms with E-state index in [0.717, 1.165) is 43.3 Å². The molecule has 0 radical (unpaired) electrons. The fourth-order valence-corrected chi connectivity index (χ4v) is 5.16. The maximum absolute atomic E-state index is 13.2. The fraction of sp³-hybridized carbons (Fsp3) is 0.407. The second-order valence-corrected chi connectivity index (χ2v) is 11.5. The molecule has 11 heteroatoms. The molecule has 0 atom stereocenters. The number of nitrogens with one attached hydrogen (secondary N) is 2. The Kier molecular flexibility index (Phi) is 8.13. The third kappa shape index (κ3) is 6.94. The van der Waals surface area contributed by atoms with Crippen LogP contribution in [0.1, 0.15) is 18.4 Å². The van der Waals surface area contributed by atoms with Crippen LogP contribution in [-0.2, 0) is 16.4 Å². The standard InChI is InChI=1S/C27H31F3N4O3S/c1-33-12-8-20(9-13-33)32-24-15-19(16-25-22(24)10-14-34(25)18-27(28,29)30)5-4-11-31-23-7-6-21(38(3,35)36)17-26(23)37-2/h6-7,10,14-17,20,31-32H,8-9,11-13,18H2,1-3H3. The van der Waals surface area contributed by atoms with Crippen LogP contribution in [0.25, 0.3) is 10.9 Å². The van der Waals surface area contributed by atoms with E-state index in [-0.39, 0.29) is 17.5 Å². The van der Waals surface area contributed by atoms with E-state index in [4.69, 9.17) is 4.74 Å². The summed E-state index contributed by atoms with van der Waals surface area (Å²) in [5.74, 6) is 6.43. The van der Waals surface area contributed by atoms with Crippen molar-refractivity contribution < 1.29 is 26.3 Å². The van der Waals surface area contributed by atoms with Crippen molar-refractivity contribution in [3.05, 3.63) is 48.2 Å². The number of sulfone groups is 1. The molecule has 1 aliphatic heterocycles. The molecule has 0 amide bonds. The molecule has 4 rings (SSSR count). The van der Waals surface area contributed by atoms with Gasteiger partial charge in [0.2, 0.25) is 0 Å². The number of piperidine rings is 1. The molecule has 3 aromatic rings. The zero-order valence-corrected chi connectivity index (χ0v) is 22.3. The highest BCUT2D eigenvalue weighted by Gasteiger charge is 2.28. The lowest BCUT2D eigenvalue weighted by Crippen LogP contribution is -2.36. The lowest BCUT2D eigenvalue weighted by atomic mass is 10.0. The van der Waals surface area contributed by atoms with Crippen molar-refractivity contribution in [2.45, 2.75) is 36.5 Å². The van der Waals surface area contributed by atoms with Crippen LogP contribution in [0, 0.1) is 11.8 Å². The van der Waals surface area contributed by atoms with Gasteiger partial charge < -0.3 is 24.8 Å². The van der Waals surface area contributed by atoms with E-state index < -0.39 is 22.6 Å². The molecule has 1 fully saturated rings. The molecular formula is C27H31F3N4O3S. The zero-order valence-electron chi connectivity index (χ0n) is 21.5. The molecule has 7 nitrogen and oxygen atoms in total. The van der Waals surface area contributed by atoms with E-state index >= 15 is 0 Å². The summed E-state index contributed by atoms with van der Waals surface area (Å²) < 4.78 is 69.7. The molecule has 0 unspecified atom stereocenters. The molecule has 1 aliphatic rings. The maximum Gasteiger partial charge on any atom is 0.406 e. The maximum atomic E-state index is 13.2. The molecule has 38 heavy (non-hydrogen) atoms. The minimum Gasteiger partial charge on any atom is -0.495 e. The summed E-state index contributed by atoms with van der Waals surface area (Å²) >= 11 is 0. The van der Waals surface area contributed by atoms with Gasteiger partial charge in [0.25, 0.3) is 0 Å². The fourth-order valence-electron chi connectivity index (χ4n) is 4.52. The Labute approximate surface area is 220 Å². The summed E-state index contributed by atoms with van der Waals surface area (Å²) in [6.07, 6.45) is 0.133. The van der Waals surface area contributed by atoms with Gasteiger partial charge in [0.1, 0.15) is 12.3 Å². The summed E-state index contributed by atoms with van der Waals surface area (Å²) in [7, 11) is 0.146. The van der Waals surface area contributed by atoms with Gasteiger partial charge in [-0.15, -0.1) is 0 Å². The molecule has 1 aromatic heterocycles. The molecule has 0 spiro atoms. The topological polar surface area (TPSA) is 75.6 Å². The summed E-state index contributed by atoms with van der Waals surface area (Å²) in [6, 6.07) is 10.0. The van der Waals surface area contributed by atoms with Crippen LogP contribution in [-0.4, -0.2) is 70.2 Å². The number of hydrogen-bond donors (Lipinski definition) is 2. The number of hydrogen-bond acceptors (Lipinski definition) is 6. The first kappa shape index (κ1) is 27.7. The largest absolute Gasteiger partial charge is 0.495 e. The number of rotatable bonds is 7. The SMILES string of the molecule is COc1cc(S(C)(=O)=O)ccc1NCC#Cc1cc(NC2CCN(C)CC2)c2ccn(CC(F)(F)F)c2c1. The van der Waals surface area contributed by atoms with Gasteiger partial charge in [0.15, 0.2) is 9.84 Å². The Hall–Kier alpha value is -3.36. The van der Waals surface area contributed by atoms with Gasteiger partial charge in [-0.1, -0.05) is 11.8 Å². The third-order valence-electron chi connectivity index (χ3n) is 6.52. The lowest BCUT2D eigenvalue weighted by Gasteiger charge is -2.30. The lowest BCUT2D eigenvalue weighted by molar-refractivity contribution is -0.139. The van der Waals surface area contributed by atoms with E-state index in [2.05, 4.69) is 34.4 Å².